The lowest BCUT2D eigenvalue weighted by molar-refractivity contribution is -0.384. The number of benzene rings is 1. The third-order valence-electron chi connectivity index (χ3n) is 5.43. The van der Waals surface area contributed by atoms with E-state index >= 15 is 0 Å². The van der Waals surface area contributed by atoms with Crippen molar-refractivity contribution in [2.75, 3.05) is 13.1 Å². The fraction of sp³-hybridized carbons (Fsp3) is 0.611. The minimum atomic E-state index is -0.455. The molecular weight excluding hydrogens is 306 g/mol. The highest BCUT2D eigenvalue weighted by atomic mass is 16.6. The summed E-state index contributed by atoms with van der Waals surface area (Å²) >= 11 is 0. The van der Waals surface area contributed by atoms with Crippen molar-refractivity contribution in [3.63, 3.8) is 0 Å². The quantitative estimate of drug-likeness (QED) is 0.630. The van der Waals surface area contributed by atoms with Crippen LogP contribution in [0.3, 0.4) is 0 Å². The molecule has 2 fully saturated rings. The molecule has 24 heavy (non-hydrogen) atoms. The average Bonchev–Trinajstić information content (AvgIpc) is 2.93. The van der Waals surface area contributed by atoms with Crippen LogP contribution in [0.5, 0.6) is 0 Å². The first-order valence-corrected chi connectivity index (χ1v) is 8.78. The standard InChI is InChI=1S/C18H25N3O3/c1-13-8-9-14(2)20(13)17-7-4-10-19(12-17)18(22)15-5-3-6-16(11-15)21(23)24/h3,5-6,11,13-14,17H,4,7-10,12H2,1-2H3. The SMILES string of the molecule is CC1CCC(C)N1C1CCCN(C(=O)c2cccc([N+](=O)[O-])c2)C1. The number of hydrogen-bond donors (Lipinski definition) is 0. The van der Waals surface area contributed by atoms with E-state index in [-0.39, 0.29) is 11.6 Å². The lowest BCUT2D eigenvalue weighted by atomic mass is 10.0. The number of nitrogens with zero attached hydrogens (tertiary/aromatic N) is 3. The lowest BCUT2D eigenvalue weighted by Gasteiger charge is -2.41. The molecule has 3 unspecified atom stereocenters. The van der Waals surface area contributed by atoms with Crippen molar-refractivity contribution in [3.8, 4) is 0 Å². The maximum atomic E-state index is 12.8. The molecule has 0 spiro atoms. The summed E-state index contributed by atoms with van der Waals surface area (Å²) in [5.41, 5.74) is 0.378. The van der Waals surface area contributed by atoms with Crippen LogP contribution in [-0.4, -0.2) is 51.8 Å². The van der Waals surface area contributed by atoms with Gasteiger partial charge in [-0.2, -0.15) is 0 Å². The van der Waals surface area contributed by atoms with E-state index in [0.29, 0.717) is 23.7 Å². The Balaban J connectivity index is 1.73. The Morgan fingerprint density at radius 1 is 1.21 bits per heavy atom. The zero-order chi connectivity index (χ0) is 17.3. The van der Waals surface area contributed by atoms with Gasteiger partial charge in [0.05, 0.1) is 4.92 Å². The number of amides is 1. The van der Waals surface area contributed by atoms with Gasteiger partial charge in [-0.1, -0.05) is 6.07 Å². The van der Waals surface area contributed by atoms with Crippen molar-refractivity contribution in [2.45, 2.75) is 57.7 Å². The zero-order valence-electron chi connectivity index (χ0n) is 14.4. The molecule has 2 saturated heterocycles. The molecule has 0 radical (unpaired) electrons. The number of nitro benzene ring substituents is 1. The minimum absolute atomic E-state index is 0.0313. The zero-order valence-corrected chi connectivity index (χ0v) is 14.4. The fourth-order valence-electron chi connectivity index (χ4n) is 4.25. The molecule has 3 rings (SSSR count). The van der Waals surface area contributed by atoms with Crippen molar-refractivity contribution < 1.29 is 9.72 Å². The molecule has 3 atom stereocenters. The van der Waals surface area contributed by atoms with Crippen molar-refractivity contribution in [1.29, 1.82) is 0 Å². The number of carbonyl (C=O) groups excluding carboxylic acids is 1. The van der Waals surface area contributed by atoms with E-state index in [1.165, 1.54) is 25.0 Å². The molecule has 0 N–H and O–H groups in total. The molecule has 0 aliphatic carbocycles. The van der Waals surface area contributed by atoms with E-state index in [4.69, 9.17) is 0 Å². The summed E-state index contributed by atoms with van der Waals surface area (Å²) in [4.78, 5) is 27.7. The second-order valence-electron chi connectivity index (χ2n) is 7.08. The summed E-state index contributed by atoms with van der Waals surface area (Å²) in [6.45, 7) is 5.99. The van der Waals surface area contributed by atoms with Gasteiger partial charge in [0.1, 0.15) is 0 Å². The van der Waals surface area contributed by atoms with Gasteiger partial charge in [0, 0.05) is 48.9 Å². The Hall–Kier alpha value is -1.95. The van der Waals surface area contributed by atoms with E-state index in [9.17, 15) is 14.9 Å². The fourth-order valence-corrected chi connectivity index (χ4v) is 4.25. The number of nitro groups is 1. The second-order valence-corrected chi connectivity index (χ2v) is 7.08. The summed E-state index contributed by atoms with van der Waals surface area (Å²) in [5.74, 6) is -0.0945. The smallest absolute Gasteiger partial charge is 0.270 e. The van der Waals surface area contributed by atoms with Crippen LogP contribution in [0.15, 0.2) is 24.3 Å². The van der Waals surface area contributed by atoms with Gasteiger partial charge < -0.3 is 4.90 Å². The van der Waals surface area contributed by atoms with E-state index in [1.807, 2.05) is 4.90 Å². The highest BCUT2D eigenvalue weighted by Crippen LogP contribution is 2.30. The van der Waals surface area contributed by atoms with Gasteiger partial charge in [-0.05, 0) is 45.6 Å². The van der Waals surface area contributed by atoms with Crippen molar-refractivity contribution in [3.05, 3.63) is 39.9 Å². The van der Waals surface area contributed by atoms with Crippen LogP contribution >= 0.6 is 0 Å². The van der Waals surface area contributed by atoms with Gasteiger partial charge >= 0.3 is 0 Å². The van der Waals surface area contributed by atoms with Gasteiger partial charge in [-0.3, -0.25) is 19.8 Å². The maximum absolute atomic E-state index is 12.8. The van der Waals surface area contributed by atoms with E-state index in [1.54, 1.807) is 12.1 Å². The average molecular weight is 331 g/mol. The molecule has 0 aromatic heterocycles. The van der Waals surface area contributed by atoms with Gasteiger partial charge in [0.2, 0.25) is 0 Å². The lowest BCUT2D eigenvalue weighted by Crippen LogP contribution is -2.52. The molecule has 1 aromatic carbocycles. The molecular formula is C18H25N3O3. The number of carbonyl (C=O) groups is 1. The van der Waals surface area contributed by atoms with E-state index < -0.39 is 4.92 Å². The van der Waals surface area contributed by atoms with Crippen molar-refractivity contribution in [1.82, 2.24) is 9.80 Å². The summed E-state index contributed by atoms with van der Waals surface area (Å²) in [5, 5.41) is 10.9. The highest BCUT2D eigenvalue weighted by molar-refractivity contribution is 5.94. The summed E-state index contributed by atoms with van der Waals surface area (Å²) in [7, 11) is 0. The molecule has 2 aliphatic heterocycles. The Bertz CT molecular complexity index is 624. The first-order chi connectivity index (χ1) is 11.5. The van der Waals surface area contributed by atoms with Crippen LogP contribution in [-0.2, 0) is 0 Å². The first kappa shape index (κ1) is 16.9. The number of likely N-dealkylation sites (tertiary alicyclic amines) is 2. The number of non-ortho nitro benzene ring substituents is 1. The summed E-state index contributed by atoms with van der Waals surface area (Å²) < 4.78 is 0. The Labute approximate surface area is 142 Å². The Morgan fingerprint density at radius 3 is 2.58 bits per heavy atom. The highest BCUT2D eigenvalue weighted by Gasteiger charge is 2.36. The molecule has 130 valence electrons. The first-order valence-electron chi connectivity index (χ1n) is 8.78. The van der Waals surface area contributed by atoms with Crippen LogP contribution in [0.25, 0.3) is 0 Å². The number of rotatable bonds is 3. The van der Waals surface area contributed by atoms with Crippen LogP contribution in [0, 0.1) is 10.1 Å². The molecule has 6 nitrogen and oxygen atoms in total. The minimum Gasteiger partial charge on any atom is -0.337 e. The third-order valence-corrected chi connectivity index (χ3v) is 5.43. The van der Waals surface area contributed by atoms with E-state index in [2.05, 4.69) is 18.7 Å². The molecule has 0 saturated carbocycles. The van der Waals surface area contributed by atoms with Crippen LogP contribution < -0.4 is 0 Å². The molecule has 1 aromatic rings. The largest absolute Gasteiger partial charge is 0.337 e. The number of hydrogen-bond acceptors (Lipinski definition) is 4. The molecule has 1 amide bonds. The van der Waals surface area contributed by atoms with Crippen LogP contribution in [0.4, 0.5) is 5.69 Å². The molecule has 6 heteroatoms. The maximum Gasteiger partial charge on any atom is 0.270 e. The monoisotopic (exact) mass is 331 g/mol. The van der Waals surface area contributed by atoms with Crippen molar-refractivity contribution in [2.24, 2.45) is 0 Å². The molecule has 0 bridgehead atoms. The summed E-state index contributed by atoms with van der Waals surface area (Å²) in [6, 6.07) is 7.58. The molecule has 2 heterocycles. The third kappa shape index (κ3) is 3.29. The molecule has 2 aliphatic rings. The van der Waals surface area contributed by atoms with Gasteiger partial charge in [0.25, 0.3) is 11.6 Å². The van der Waals surface area contributed by atoms with Crippen molar-refractivity contribution >= 4 is 11.6 Å². The number of piperidine rings is 1. The normalized spacial score (nSPS) is 28.1. The predicted molar refractivity (Wildman–Crippen MR) is 92.0 cm³/mol. The van der Waals surface area contributed by atoms with Crippen LogP contribution in [0.1, 0.15) is 49.9 Å². The van der Waals surface area contributed by atoms with Gasteiger partial charge in [0.15, 0.2) is 0 Å². The van der Waals surface area contributed by atoms with Gasteiger partial charge in [-0.25, -0.2) is 0 Å². The summed E-state index contributed by atoms with van der Waals surface area (Å²) in [6.07, 6.45) is 4.54. The predicted octanol–water partition coefficient (Wildman–Crippen LogP) is 3.07. The second kappa shape index (κ2) is 6.89. The van der Waals surface area contributed by atoms with E-state index in [0.717, 1.165) is 25.9 Å². The Kier molecular flexibility index (Phi) is 4.85. The van der Waals surface area contributed by atoms with Gasteiger partial charge in [-0.15, -0.1) is 0 Å². The van der Waals surface area contributed by atoms with Crippen LogP contribution in [0.2, 0.25) is 0 Å². The Morgan fingerprint density at radius 2 is 1.92 bits per heavy atom. The topological polar surface area (TPSA) is 66.7 Å².